The number of rotatable bonds is 0. The summed E-state index contributed by atoms with van der Waals surface area (Å²) in [5, 5.41) is 24.8. The third kappa shape index (κ3) is 1.73. The van der Waals surface area contributed by atoms with Crippen LogP contribution in [-0.2, 0) is 0 Å². The molecule has 2 nitrogen and oxygen atoms in total. The molecular weight excluding hydrogens is 260 g/mol. The first-order chi connectivity index (χ1) is 10.2. The highest BCUT2D eigenvalue weighted by Gasteiger charge is 2.24. The first kappa shape index (κ1) is 12.6. The molecule has 0 aromatic heterocycles. The normalized spacial score (nSPS) is 20.9. The van der Waals surface area contributed by atoms with Gasteiger partial charge >= 0.3 is 0 Å². The van der Waals surface area contributed by atoms with Crippen LogP contribution < -0.4 is 0 Å². The number of aliphatic hydroxyl groups is 2. The third-order valence-corrected chi connectivity index (χ3v) is 4.49. The van der Waals surface area contributed by atoms with E-state index in [1.807, 2.05) is 24.3 Å². The van der Waals surface area contributed by atoms with Crippen LogP contribution in [0.25, 0.3) is 27.6 Å². The Morgan fingerprint density at radius 3 is 2.57 bits per heavy atom. The lowest BCUT2D eigenvalue weighted by molar-refractivity contribution is 0.0470. The van der Waals surface area contributed by atoms with Crippen molar-refractivity contribution >= 4 is 27.6 Å². The first-order valence-electron chi connectivity index (χ1n) is 7.16. The average molecular weight is 276 g/mol. The van der Waals surface area contributed by atoms with E-state index in [1.54, 1.807) is 6.08 Å². The molecule has 2 heteroatoms. The highest BCUT2D eigenvalue weighted by atomic mass is 16.3. The SMILES string of the molecule is Cc1c2c(cc3c1ccc1ccccc13)[C@H](O)[C@@H](O)C=C2. The minimum Gasteiger partial charge on any atom is -0.386 e. The van der Waals surface area contributed by atoms with E-state index >= 15 is 0 Å². The van der Waals surface area contributed by atoms with Crippen LogP contribution in [0.3, 0.4) is 0 Å². The molecule has 0 bridgehead atoms. The van der Waals surface area contributed by atoms with Crippen molar-refractivity contribution in [2.24, 2.45) is 0 Å². The molecule has 3 aromatic carbocycles. The molecule has 21 heavy (non-hydrogen) atoms. The molecule has 0 heterocycles. The van der Waals surface area contributed by atoms with Gasteiger partial charge in [-0.1, -0.05) is 48.6 Å². The molecule has 3 aromatic rings. The Morgan fingerprint density at radius 1 is 0.905 bits per heavy atom. The molecule has 0 unspecified atom stereocenters. The Bertz CT molecular complexity index is 893. The van der Waals surface area contributed by atoms with Crippen LogP contribution in [0.15, 0.2) is 48.5 Å². The van der Waals surface area contributed by atoms with Gasteiger partial charge in [-0.15, -0.1) is 0 Å². The van der Waals surface area contributed by atoms with Crippen LogP contribution in [0.2, 0.25) is 0 Å². The van der Waals surface area contributed by atoms with Crippen molar-refractivity contribution in [3.63, 3.8) is 0 Å². The molecule has 0 fully saturated rings. The molecule has 104 valence electrons. The van der Waals surface area contributed by atoms with Crippen LogP contribution in [0.4, 0.5) is 0 Å². The number of hydrogen-bond acceptors (Lipinski definition) is 2. The molecule has 0 saturated heterocycles. The lowest BCUT2D eigenvalue weighted by Gasteiger charge is -2.24. The average Bonchev–Trinajstić information content (AvgIpc) is 2.51. The Kier molecular flexibility index (Phi) is 2.64. The maximum Gasteiger partial charge on any atom is 0.109 e. The van der Waals surface area contributed by atoms with Crippen LogP contribution in [0, 0.1) is 6.92 Å². The molecule has 4 rings (SSSR count). The highest BCUT2D eigenvalue weighted by Crippen LogP contribution is 2.37. The van der Waals surface area contributed by atoms with Gasteiger partial charge in [0.05, 0.1) is 0 Å². The maximum atomic E-state index is 10.3. The van der Waals surface area contributed by atoms with Crippen molar-refractivity contribution in [3.8, 4) is 0 Å². The fraction of sp³-hybridized carbons (Fsp3) is 0.158. The predicted octanol–water partition coefficient (Wildman–Crippen LogP) is 3.72. The number of hydrogen-bond donors (Lipinski definition) is 2. The van der Waals surface area contributed by atoms with Crippen molar-refractivity contribution in [3.05, 3.63) is 65.2 Å². The third-order valence-electron chi connectivity index (χ3n) is 4.49. The van der Waals surface area contributed by atoms with Gasteiger partial charge in [-0.2, -0.15) is 0 Å². The van der Waals surface area contributed by atoms with Gasteiger partial charge in [0.25, 0.3) is 0 Å². The second-order valence-corrected chi connectivity index (χ2v) is 5.68. The van der Waals surface area contributed by atoms with Gasteiger partial charge in [-0.3, -0.25) is 0 Å². The topological polar surface area (TPSA) is 40.5 Å². The van der Waals surface area contributed by atoms with Gasteiger partial charge < -0.3 is 10.2 Å². The zero-order valence-electron chi connectivity index (χ0n) is 11.7. The van der Waals surface area contributed by atoms with Crippen molar-refractivity contribution < 1.29 is 10.2 Å². The Balaban J connectivity index is 2.17. The molecule has 0 amide bonds. The standard InChI is InChI=1S/C19H16O2/c1-11-13-7-6-12-4-2-3-5-15(12)16(13)10-17-14(11)8-9-18(20)19(17)21/h2-10,18-21H,1H3/t18-,19-/m0/s1. The molecule has 1 aliphatic rings. The lowest BCUT2D eigenvalue weighted by atomic mass is 9.85. The Labute approximate surface area is 123 Å². The molecule has 2 N–H and O–H groups in total. The largest absolute Gasteiger partial charge is 0.386 e. The van der Waals surface area contributed by atoms with Crippen LogP contribution in [0.1, 0.15) is 22.8 Å². The zero-order chi connectivity index (χ0) is 14.6. The molecular formula is C19H16O2. The van der Waals surface area contributed by atoms with Gasteiger partial charge in [-0.25, -0.2) is 0 Å². The number of aryl methyl sites for hydroxylation is 1. The highest BCUT2D eigenvalue weighted by molar-refractivity contribution is 6.09. The number of benzene rings is 3. The van der Waals surface area contributed by atoms with E-state index in [-0.39, 0.29) is 0 Å². The second kappa shape index (κ2) is 4.42. The van der Waals surface area contributed by atoms with E-state index in [0.717, 1.165) is 22.1 Å². The summed E-state index contributed by atoms with van der Waals surface area (Å²) in [6.45, 7) is 2.07. The smallest absolute Gasteiger partial charge is 0.109 e. The zero-order valence-corrected chi connectivity index (χ0v) is 11.7. The second-order valence-electron chi connectivity index (χ2n) is 5.68. The fourth-order valence-electron chi connectivity index (χ4n) is 3.32. The Morgan fingerprint density at radius 2 is 1.71 bits per heavy atom. The van der Waals surface area contributed by atoms with Gasteiger partial charge in [0.2, 0.25) is 0 Å². The summed E-state index contributed by atoms with van der Waals surface area (Å²) in [5.41, 5.74) is 2.98. The minimum absolute atomic E-state index is 0.811. The number of aliphatic hydroxyl groups excluding tert-OH is 2. The monoisotopic (exact) mass is 276 g/mol. The van der Waals surface area contributed by atoms with Crippen molar-refractivity contribution in [1.29, 1.82) is 0 Å². The number of fused-ring (bicyclic) bond motifs is 4. The van der Waals surface area contributed by atoms with Crippen LogP contribution in [-0.4, -0.2) is 16.3 Å². The summed E-state index contributed by atoms with van der Waals surface area (Å²) in [5.74, 6) is 0. The molecule has 0 spiro atoms. The van der Waals surface area contributed by atoms with Crippen LogP contribution >= 0.6 is 0 Å². The van der Waals surface area contributed by atoms with Gasteiger partial charge in [0, 0.05) is 0 Å². The summed E-state index contributed by atoms with van der Waals surface area (Å²) in [4.78, 5) is 0. The van der Waals surface area contributed by atoms with Crippen LogP contribution in [0.5, 0.6) is 0 Å². The van der Waals surface area contributed by atoms with E-state index in [1.165, 1.54) is 16.2 Å². The van der Waals surface area contributed by atoms with E-state index in [9.17, 15) is 10.2 Å². The maximum absolute atomic E-state index is 10.3. The van der Waals surface area contributed by atoms with Crippen molar-refractivity contribution in [1.82, 2.24) is 0 Å². The summed E-state index contributed by atoms with van der Waals surface area (Å²) in [7, 11) is 0. The first-order valence-corrected chi connectivity index (χ1v) is 7.16. The predicted molar refractivity (Wildman–Crippen MR) is 86.2 cm³/mol. The lowest BCUT2D eigenvalue weighted by Crippen LogP contribution is -2.20. The molecule has 2 atom stereocenters. The fourth-order valence-corrected chi connectivity index (χ4v) is 3.32. The molecule has 0 aliphatic heterocycles. The summed E-state index contributed by atoms with van der Waals surface area (Å²) in [6, 6.07) is 14.5. The van der Waals surface area contributed by atoms with Gasteiger partial charge in [0.15, 0.2) is 0 Å². The summed E-state index contributed by atoms with van der Waals surface area (Å²) in [6.07, 6.45) is 1.89. The van der Waals surface area contributed by atoms with E-state index < -0.39 is 12.2 Å². The van der Waals surface area contributed by atoms with Crippen molar-refractivity contribution in [2.75, 3.05) is 0 Å². The van der Waals surface area contributed by atoms with E-state index in [2.05, 4.69) is 31.2 Å². The molecule has 0 radical (unpaired) electrons. The molecule has 0 saturated carbocycles. The molecule has 1 aliphatic carbocycles. The minimum atomic E-state index is -0.855. The quantitative estimate of drug-likeness (QED) is 0.614. The van der Waals surface area contributed by atoms with Gasteiger partial charge in [-0.05, 0) is 51.2 Å². The van der Waals surface area contributed by atoms with E-state index in [0.29, 0.717) is 0 Å². The van der Waals surface area contributed by atoms with E-state index in [4.69, 9.17) is 0 Å². The Hall–Kier alpha value is -2.16. The summed E-state index contributed by atoms with van der Waals surface area (Å²) >= 11 is 0. The van der Waals surface area contributed by atoms with Gasteiger partial charge in [0.1, 0.15) is 12.2 Å². The van der Waals surface area contributed by atoms with Crippen molar-refractivity contribution in [2.45, 2.75) is 19.1 Å². The summed E-state index contributed by atoms with van der Waals surface area (Å²) < 4.78 is 0.